The van der Waals surface area contributed by atoms with Crippen LogP contribution in [0.15, 0.2) is 28.7 Å². The number of carboxylic acid groups (broad SMARTS) is 1. The number of aromatic nitrogens is 2. The fourth-order valence-corrected chi connectivity index (χ4v) is 2.46. The van der Waals surface area contributed by atoms with Crippen molar-refractivity contribution in [2.24, 2.45) is 0 Å². The lowest BCUT2D eigenvalue weighted by atomic mass is 10.1. The molecule has 1 aromatic heterocycles. The molecule has 1 fully saturated rings. The fourth-order valence-electron chi connectivity index (χ4n) is 2.46. The third-order valence-corrected chi connectivity index (χ3v) is 3.53. The first kappa shape index (κ1) is 13.8. The molecule has 6 heteroatoms. The number of benzene rings is 1. The Hall–Kier alpha value is -2.21. The number of ether oxygens (including phenoxy) is 1. The van der Waals surface area contributed by atoms with E-state index in [2.05, 4.69) is 10.2 Å². The molecule has 1 saturated heterocycles. The maximum Gasteiger partial charge on any atom is 0.336 e. The van der Waals surface area contributed by atoms with Crippen molar-refractivity contribution in [3.05, 3.63) is 35.7 Å². The number of carbonyl (C=O) groups is 1. The van der Waals surface area contributed by atoms with Crippen LogP contribution in [0.4, 0.5) is 0 Å². The standard InChI is InChI=1S/C15H16N2O4/c18-15(19)12-7-2-1-6-11(12)14-17-16-13(21-14)9-10-5-3-4-8-20-10/h1-2,6-7,10H,3-5,8-9H2,(H,18,19). The Morgan fingerprint density at radius 2 is 2.14 bits per heavy atom. The Kier molecular flexibility index (Phi) is 3.96. The van der Waals surface area contributed by atoms with Crippen LogP contribution in [0.5, 0.6) is 0 Å². The minimum Gasteiger partial charge on any atom is -0.478 e. The van der Waals surface area contributed by atoms with Gasteiger partial charge in [0.2, 0.25) is 11.8 Å². The topological polar surface area (TPSA) is 85.5 Å². The zero-order valence-corrected chi connectivity index (χ0v) is 11.5. The third-order valence-electron chi connectivity index (χ3n) is 3.53. The monoisotopic (exact) mass is 288 g/mol. The highest BCUT2D eigenvalue weighted by molar-refractivity contribution is 5.94. The second-order valence-electron chi connectivity index (χ2n) is 5.04. The van der Waals surface area contributed by atoms with E-state index in [1.54, 1.807) is 18.2 Å². The molecule has 2 aromatic rings. The van der Waals surface area contributed by atoms with Gasteiger partial charge >= 0.3 is 5.97 Å². The summed E-state index contributed by atoms with van der Waals surface area (Å²) < 4.78 is 11.2. The van der Waals surface area contributed by atoms with Crippen molar-refractivity contribution < 1.29 is 19.1 Å². The summed E-state index contributed by atoms with van der Waals surface area (Å²) in [4.78, 5) is 11.2. The molecule has 0 spiro atoms. The Bertz CT molecular complexity index is 632. The van der Waals surface area contributed by atoms with Crippen LogP contribution in [-0.4, -0.2) is 34.0 Å². The molecule has 1 aliphatic rings. The highest BCUT2D eigenvalue weighted by Crippen LogP contribution is 2.24. The molecule has 6 nitrogen and oxygen atoms in total. The highest BCUT2D eigenvalue weighted by atomic mass is 16.5. The van der Waals surface area contributed by atoms with Crippen LogP contribution < -0.4 is 0 Å². The van der Waals surface area contributed by atoms with Crippen LogP contribution >= 0.6 is 0 Å². The van der Waals surface area contributed by atoms with E-state index in [0.717, 1.165) is 25.9 Å². The zero-order valence-electron chi connectivity index (χ0n) is 11.5. The van der Waals surface area contributed by atoms with Gasteiger partial charge in [0.05, 0.1) is 23.7 Å². The van der Waals surface area contributed by atoms with Crippen LogP contribution in [0.3, 0.4) is 0 Å². The second-order valence-corrected chi connectivity index (χ2v) is 5.04. The van der Waals surface area contributed by atoms with Crippen molar-refractivity contribution >= 4 is 5.97 Å². The summed E-state index contributed by atoms with van der Waals surface area (Å²) in [5, 5.41) is 17.1. The first-order chi connectivity index (χ1) is 10.2. The lowest BCUT2D eigenvalue weighted by Crippen LogP contribution is -2.21. The first-order valence-electron chi connectivity index (χ1n) is 7.00. The van der Waals surface area contributed by atoms with E-state index in [0.29, 0.717) is 17.9 Å². The quantitative estimate of drug-likeness (QED) is 0.930. The molecule has 0 radical (unpaired) electrons. The van der Waals surface area contributed by atoms with Gasteiger partial charge in [0, 0.05) is 6.61 Å². The molecule has 0 bridgehead atoms. The molecule has 3 rings (SSSR count). The van der Waals surface area contributed by atoms with Crippen LogP contribution in [0, 0.1) is 0 Å². The smallest absolute Gasteiger partial charge is 0.336 e. The average Bonchev–Trinajstić information content (AvgIpc) is 2.96. The van der Waals surface area contributed by atoms with Crippen LogP contribution in [0.25, 0.3) is 11.5 Å². The third kappa shape index (κ3) is 3.11. The largest absolute Gasteiger partial charge is 0.478 e. The Morgan fingerprint density at radius 1 is 1.29 bits per heavy atom. The van der Waals surface area contributed by atoms with Crippen molar-refractivity contribution in [2.45, 2.75) is 31.8 Å². The Labute approximate surface area is 121 Å². The minimum absolute atomic E-state index is 0.113. The fraction of sp³-hybridized carbons (Fsp3) is 0.400. The van der Waals surface area contributed by atoms with Crippen LogP contribution in [0.2, 0.25) is 0 Å². The number of hydrogen-bond donors (Lipinski definition) is 1. The van der Waals surface area contributed by atoms with E-state index >= 15 is 0 Å². The number of aromatic carboxylic acids is 1. The Balaban J connectivity index is 1.80. The van der Waals surface area contributed by atoms with Gasteiger partial charge in [0.25, 0.3) is 0 Å². The van der Waals surface area contributed by atoms with Gasteiger partial charge in [0.1, 0.15) is 0 Å². The van der Waals surface area contributed by atoms with Gasteiger partial charge in [-0.25, -0.2) is 4.79 Å². The van der Waals surface area contributed by atoms with E-state index in [9.17, 15) is 9.90 Å². The molecule has 1 atom stereocenters. The van der Waals surface area contributed by atoms with Crippen LogP contribution in [-0.2, 0) is 11.2 Å². The molecular weight excluding hydrogens is 272 g/mol. The highest BCUT2D eigenvalue weighted by Gasteiger charge is 2.20. The van der Waals surface area contributed by atoms with Gasteiger partial charge in [-0.05, 0) is 31.4 Å². The molecule has 1 N–H and O–H groups in total. The maximum absolute atomic E-state index is 11.2. The van der Waals surface area contributed by atoms with Crippen LogP contribution in [0.1, 0.15) is 35.5 Å². The maximum atomic E-state index is 11.2. The predicted octanol–water partition coefficient (Wildman–Crippen LogP) is 2.55. The SMILES string of the molecule is O=C(O)c1ccccc1-c1nnc(CC2CCCCO2)o1. The molecule has 21 heavy (non-hydrogen) atoms. The number of rotatable bonds is 4. The van der Waals surface area contributed by atoms with Gasteiger partial charge in [-0.15, -0.1) is 10.2 Å². The first-order valence-corrected chi connectivity index (χ1v) is 7.00. The Morgan fingerprint density at radius 3 is 2.90 bits per heavy atom. The van der Waals surface area contributed by atoms with Gasteiger partial charge < -0.3 is 14.3 Å². The van der Waals surface area contributed by atoms with E-state index < -0.39 is 5.97 Å². The molecule has 1 aromatic carbocycles. The lowest BCUT2D eigenvalue weighted by Gasteiger charge is -2.20. The summed E-state index contributed by atoms with van der Waals surface area (Å²) in [6.07, 6.45) is 3.92. The summed E-state index contributed by atoms with van der Waals surface area (Å²) in [6.45, 7) is 0.771. The van der Waals surface area contributed by atoms with E-state index in [1.807, 2.05) is 0 Å². The molecule has 2 heterocycles. The van der Waals surface area contributed by atoms with Crippen molar-refractivity contribution in [1.29, 1.82) is 0 Å². The van der Waals surface area contributed by atoms with E-state index in [-0.39, 0.29) is 17.6 Å². The normalized spacial score (nSPS) is 18.6. The van der Waals surface area contributed by atoms with Crippen molar-refractivity contribution in [3.63, 3.8) is 0 Å². The lowest BCUT2D eigenvalue weighted by molar-refractivity contribution is 0.0132. The predicted molar refractivity (Wildman–Crippen MR) is 74.0 cm³/mol. The number of nitrogens with zero attached hydrogens (tertiary/aromatic N) is 2. The van der Waals surface area contributed by atoms with Crippen molar-refractivity contribution in [1.82, 2.24) is 10.2 Å². The van der Waals surface area contributed by atoms with Crippen molar-refractivity contribution in [2.75, 3.05) is 6.61 Å². The van der Waals surface area contributed by atoms with Gasteiger partial charge in [0.15, 0.2) is 0 Å². The molecular formula is C15H16N2O4. The summed E-state index contributed by atoms with van der Waals surface area (Å²) >= 11 is 0. The zero-order chi connectivity index (χ0) is 14.7. The molecule has 110 valence electrons. The van der Waals surface area contributed by atoms with Gasteiger partial charge in [-0.3, -0.25) is 0 Å². The molecule has 0 aliphatic carbocycles. The summed E-state index contributed by atoms with van der Waals surface area (Å²) in [6, 6.07) is 6.60. The molecule has 1 unspecified atom stereocenters. The van der Waals surface area contributed by atoms with Gasteiger partial charge in [-0.2, -0.15) is 0 Å². The van der Waals surface area contributed by atoms with E-state index in [1.165, 1.54) is 6.07 Å². The molecule has 0 saturated carbocycles. The molecule has 1 aliphatic heterocycles. The number of hydrogen-bond acceptors (Lipinski definition) is 5. The van der Waals surface area contributed by atoms with Gasteiger partial charge in [-0.1, -0.05) is 12.1 Å². The summed E-state index contributed by atoms with van der Waals surface area (Å²) in [5.41, 5.74) is 0.593. The van der Waals surface area contributed by atoms with E-state index in [4.69, 9.17) is 9.15 Å². The number of carboxylic acids is 1. The average molecular weight is 288 g/mol. The second kappa shape index (κ2) is 6.05. The minimum atomic E-state index is -1.01. The van der Waals surface area contributed by atoms with Crippen molar-refractivity contribution in [3.8, 4) is 11.5 Å². The molecule has 0 amide bonds. The summed E-state index contributed by atoms with van der Waals surface area (Å²) in [7, 11) is 0. The summed E-state index contributed by atoms with van der Waals surface area (Å²) in [5.74, 6) is -0.295.